The first kappa shape index (κ1) is 22.6. The molecule has 0 bridgehead atoms. The van der Waals surface area contributed by atoms with Crippen LogP contribution in [0, 0.1) is 17.5 Å². The maximum absolute atomic E-state index is 14.6. The summed E-state index contributed by atoms with van der Waals surface area (Å²) in [5, 5.41) is 7.21. The number of hydrogen-bond acceptors (Lipinski definition) is 2. The third-order valence-corrected chi connectivity index (χ3v) is 7.25. The number of halogens is 3. The van der Waals surface area contributed by atoms with Gasteiger partial charge in [-0.05, 0) is 78.6 Å². The van der Waals surface area contributed by atoms with Crippen LogP contribution < -0.4 is 0 Å². The fourth-order valence-electron chi connectivity index (χ4n) is 5.26. The average Bonchev–Trinajstić information content (AvgIpc) is 3.63. The van der Waals surface area contributed by atoms with Crippen LogP contribution in [-0.4, -0.2) is 33.1 Å². The van der Waals surface area contributed by atoms with Gasteiger partial charge >= 0.3 is 0 Å². The van der Waals surface area contributed by atoms with Crippen LogP contribution in [0.4, 0.5) is 13.2 Å². The minimum Gasteiger partial charge on any atom is -0.332 e. The van der Waals surface area contributed by atoms with Crippen LogP contribution in [0.25, 0.3) is 22.3 Å². The number of H-pyrrole nitrogens is 1. The second-order valence-corrected chi connectivity index (χ2v) is 9.56. The molecular weight excluding hydrogens is 463 g/mol. The predicted molar refractivity (Wildman–Crippen MR) is 131 cm³/mol. The van der Waals surface area contributed by atoms with Gasteiger partial charge in [0.05, 0.1) is 6.20 Å². The summed E-state index contributed by atoms with van der Waals surface area (Å²) in [5.41, 5.74) is 4.80. The van der Waals surface area contributed by atoms with Crippen LogP contribution in [0.5, 0.6) is 0 Å². The Morgan fingerprint density at radius 1 is 0.833 bits per heavy atom. The largest absolute Gasteiger partial charge is 0.332 e. The van der Waals surface area contributed by atoms with Gasteiger partial charge in [-0.1, -0.05) is 36.4 Å². The van der Waals surface area contributed by atoms with Gasteiger partial charge in [0.1, 0.15) is 0 Å². The summed E-state index contributed by atoms with van der Waals surface area (Å²) >= 11 is 0. The van der Waals surface area contributed by atoms with E-state index in [2.05, 4.69) is 15.1 Å². The standard InChI is InChI=1S/C29H24F3N3O/c30-25-13-12-24(27(31)28(25)32)23-4-2-1-3-22(23)17-5-7-18(8-6-17)29(36)35(20-9-10-20)21-11-14-26-19(15-21)16-33-34-26/h1-8,12-13,16,20-21H,9-11,14-15H2,(H,33,34). The minimum absolute atomic E-state index is 0.0134. The first-order valence-corrected chi connectivity index (χ1v) is 12.2. The Balaban J connectivity index is 1.29. The van der Waals surface area contributed by atoms with E-state index in [1.807, 2.05) is 18.3 Å². The van der Waals surface area contributed by atoms with Crippen molar-refractivity contribution in [2.24, 2.45) is 0 Å². The summed E-state index contributed by atoms with van der Waals surface area (Å²) in [7, 11) is 0. The van der Waals surface area contributed by atoms with Gasteiger partial charge in [-0.2, -0.15) is 5.10 Å². The number of benzene rings is 3. The molecular formula is C29H24F3N3O. The van der Waals surface area contributed by atoms with E-state index in [-0.39, 0.29) is 23.6 Å². The number of aryl methyl sites for hydroxylation is 1. The number of aromatic nitrogens is 2. The lowest BCUT2D eigenvalue weighted by molar-refractivity contribution is 0.0643. The Labute approximate surface area is 206 Å². The van der Waals surface area contributed by atoms with E-state index in [4.69, 9.17) is 0 Å². The summed E-state index contributed by atoms with van der Waals surface area (Å²) in [6.45, 7) is 0. The molecule has 4 aromatic rings. The fourth-order valence-corrected chi connectivity index (χ4v) is 5.26. The molecule has 1 atom stereocenters. The molecule has 1 heterocycles. The molecule has 182 valence electrons. The number of nitrogens with one attached hydrogen (secondary N) is 1. The van der Waals surface area contributed by atoms with E-state index < -0.39 is 17.5 Å². The van der Waals surface area contributed by atoms with Gasteiger partial charge in [0.15, 0.2) is 17.5 Å². The van der Waals surface area contributed by atoms with E-state index in [9.17, 15) is 18.0 Å². The highest BCUT2D eigenvalue weighted by atomic mass is 19.2. The number of hydrogen-bond donors (Lipinski definition) is 1. The normalized spacial score (nSPS) is 17.0. The SMILES string of the molecule is O=C(c1ccc(-c2ccccc2-c2ccc(F)c(F)c2F)cc1)N(C1CC1)C1CCc2[nH]ncc2C1. The first-order chi connectivity index (χ1) is 17.5. The summed E-state index contributed by atoms with van der Waals surface area (Å²) in [6, 6.07) is 16.8. The zero-order valence-electron chi connectivity index (χ0n) is 19.5. The van der Waals surface area contributed by atoms with Crippen molar-refractivity contribution in [3.8, 4) is 22.3 Å². The number of aromatic amines is 1. The summed E-state index contributed by atoms with van der Waals surface area (Å²) < 4.78 is 42.0. The maximum atomic E-state index is 14.6. The van der Waals surface area contributed by atoms with Gasteiger partial charge in [-0.3, -0.25) is 9.89 Å². The van der Waals surface area contributed by atoms with Crippen molar-refractivity contribution >= 4 is 5.91 Å². The molecule has 1 fully saturated rings. The lowest BCUT2D eigenvalue weighted by atomic mass is 9.91. The molecule has 6 rings (SSSR count). The first-order valence-electron chi connectivity index (χ1n) is 12.2. The second kappa shape index (κ2) is 8.97. The Bertz CT molecular complexity index is 1440. The predicted octanol–water partition coefficient (Wildman–Crippen LogP) is 6.32. The van der Waals surface area contributed by atoms with Crippen LogP contribution in [0.2, 0.25) is 0 Å². The number of nitrogens with zero attached hydrogens (tertiary/aromatic N) is 2. The molecule has 36 heavy (non-hydrogen) atoms. The zero-order valence-corrected chi connectivity index (χ0v) is 19.5. The third kappa shape index (κ3) is 3.98. The number of fused-ring (bicyclic) bond motifs is 1. The van der Waals surface area contributed by atoms with Gasteiger partial charge in [-0.25, -0.2) is 13.2 Å². The molecule has 1 N–H and O–H groups in total. The van der Waals surface area contributed by atoms with Gasteiger partial charge < -0.3 is 4.90 Å². The molecule has 0 aliphatic heterocycles. The Kier molecular flexibility index (Phi) is 5.63. The Morgan fingerprint density at radius 2 is 1.58 bits per heavy atom. The molecule has 0 saturated heterocycles. The van der Waals surface area contributed by atoms with Crippen LogP contribution in [0.15, 0.2) is 66.9 Å². The molecule has 1 unspecified atom stereocenters. The lowest BCUT2D eigenvalue weighted by Gasteiger charge is -2.34. The minimum atomic E-state index is -1.49. The molecule has 0 spiro atoms. The smallest absolute Gasteiger partial charge is 0.254 e. The molecule has 1 aromatic heterocycles. The van der Waals surface area contributed by atoms with Crippen molar-refractivity contribution in [1.29, 1.82) is 0 Å². The van der Waals surface area contributed by atoms with Crippen LogP contribution in [0.3, 0.4) is 0 Å². The highest BCUT2D eigenvalue weighted by Gasteiger charge is 2.39. The summed E-state index contributed by atoms with van der Waals surface area (Å²) in [6.07, 6.45) is 6.49. The topological polar surface area (TPSA) is 49.0 Å². The summed E-state index contributed by atoms with van der Waals surface area (Å²) in [5.74, 6) is -3.92. The van der Waals surface area contributed by atoms with E-state index >= 15 is 0 Å². The van der Waals surface area contributed by atoms with Crippen LogP contribution in [0.1, 0.15) is 40.9 Å². The Hall–Kier alpha value is -3.87. The quantitative estimate of drug-likeness (QED) is 0.335. The van der Waals surface area contributed by atoms with Crippen molar-refractivity contribution in [3.63, 3.8) is 0 Å². The van der Waals surface area contributed by atoms with Gasteiger partial charge in [0.2, 0.25) is 0 Å². The monoisotopic (exact) mass is 487 g/mol. The maximum Gasteiger partial charge on any atom is 0.254 e. The highest BCUT2D eigenvalue weighted by Crippen LogP contribution is 2.37. The van der Waals surface area contributed by atoms with Gasteiger partial charge in [0.25, 0.3) is 5.91 Å². The van der Waals surface area contributed by atoms with Crippen molar-refractivity contribution in [1.82, 2.24) is 15.1 Å². The number of amides is 1. The van der Waals surface area contributed by atoms with Gasteiger partial charge in [-0.15, -0.1) is 0 Å². The average molecular weight is 488 g/mol. The van der Waals surface area contributed by atoms with E-state index in [0.29, 0.717) is 16.7 Å². The Morgan fingerprint density at radius 3 is 2.33 bits per heavy atom. The molecule has 1 amide bonds. The molecule has 4 nitrogen and oxygen atoms in total. The molecule has 0 radical (unpaired) electrons. The van der Waals surface area contributed by atoms with Crippen molar-refractivity contribution < 1.29 is 18.0 Å². The molecule has 2 aliphatic carbocycles. The van der Waals surface area contributed by atoms with Crippen LogP contribution in [-0.2, 0) is 12.8 Å². The zero-order chi connectivity index (χ0) is 24.8. The van der Waals surface area contributed by atoms with E-state index in [0.717, 1.165) is 49.4 Å². The van der Waals surface area contributed by atoms with Gasteiger partial charge in [0, 0.05) is 28.9 Å². The molecule has 7 heteroatoms. The second-order valence-electron chi connectivity index (χ2n) is 9.56. The third-order valence-electron chi connectivity index (χ3n) is 7.25. The van der Waals surface area contributed by atoms with Crippen LogP contribution >= 0.6 is 0 Å². The summed E-state index contributed by atoms with van der Waals surface area (Å²) in [4.78, 5) is 15.7. The van der Waals surface area contributed by atoms with Crippen molar-refractivity contribution in [3.05, 3.63) is 101 Å². The highest BCUT2D eigenvalue weighted by molar-refractivity contribution is 5.96. The van der Waals surface area contributed by atoms with E-state index in [1.54, 1.807) is 36.4 Å². The van der Waals surface area contributed by atoms with E-state index in [1.165, 1.54) is 11.6 Å². The fraction of sp³-hybridized carbons (Fsp3) is 0.241. The lowest BCUT2D eigenvalue weighted by Crippen LogP contribution is -2.44. The number of carbonyl (C=O) groups is 1. The number of carbonyl (C=O) groups excluding carboxylic acids is 1. The number of rotatable bonds is 5. The molecule has 2 aliphatic rings. The molecule has 1 saturated carbocycles. The van der Waals surface area contributed by atoms with Crippen molar-refractivity contribution in [2.45, 2.75) is 44.2 Å². The van der Waals surface area contributed by atoms with Crippen molar-refractivity contribution in [2.75, 3.05) is 0 Å². The molecule has 3 aromatic carbocycles.